The minimum atomic E-state index is -0.880. The lowest BCUT2D eigenvalue weighted by Crippen LogP contribution is -2.41. The van der Waals surface area contributed by atoms with Crippen molar-refractivity contribution in [3.63, 3.8) is 0 Å². The number of benzene rings is 2. The Bertz CT molecular complexity index is 956. The van der Waals surface area contributed by atoms with Crippen LogP contribution in [0.3, 0.4) is 0 Å². The number of carbonyl (C=O) groups excluding carboxylic acids is 1. The summed E-state index contributed by atoms with van der Waals surface area (Å²) >= 11 is 0. The molecule has 170 valence electrons. The minimum absolute atomic E-state index is 0.00861. The Morgan fingerprint density at radius 3 is 2.22 bits per heavy atom. The van der Waals surface area contributed by atoms with Gasteiger partial charge in [-0.25, -0.2) is 4.79 Å². The van der Waals surface area contributed by atoms with Gasteiger partial charge in [-0.3, -0.25) is 0 Å². The molecular weight excluding hydrogens is 410 g/mol. The van der Waals surface area contributed by atoms with Crippen molar-refractivity contribution in [3.05, 3.63) is 59.7 Å². The van der Waals surface area contributed by atoms with Crippen LogP contribution in [0.4, 0.5) is 4.79 Å². The summed E-state index contributed by atoms with van der Waals surface area (Å²) in [4.78, 5) is 12.6. The fourth-order valence-electron chi connectivity index (χ4n) is 4.47. The number of carbonyl (C=O) groups is 1. The van der Waals surface area contributed by atoms with Crippen LogP contribution in [0, 0.1) is 0 Å². The first-order valence-electron chi connectivity index (χ1n) is 11.1. The molecule has 2 aromatic rings. The van der Waals surface area contributed by atoms with Crippen LogP contribution in [-0.4, -0.2) is 54.2 Å². The molecule has 4 unspecified atom stereocenters. The van der Waals surface area contributed by atoms with Crippen molar-refractivity contribution in [1.29, 1.82) is 0 Å². The molecule has 2 aromatic carbocycles. The predicted molar refractivity (Wildman–Crippen MR) is 117 cm³/mol. The summed E-state index contributed by atoms with van der Waals surface area (Å²) in [5.41, 5.74) is 4.37. The van der Waals surface area contributed by atoms with Gasteiger partial charge in [0.1, 0.15) is 18.8 Å². The van der Waals surface area contributed by atoms with Crippen LogP contribution >= 0.6 is 0 Å². The van der Waals surface area contributed by atoms with Crippen LogP contribution in [0.1, 0.15) is 44.2 Å². The van der Waals surface area contributed by atoms with Crippen molar-refractivity contribution < 1.29 is 28.8 Å². The zero-order valence-corrected chi connectivity index (χ0v) is 18.5. The van der Waals surface area contributed by atoms with E-state index < -0.39 is 24.5 Å². The van der Waals surface area contributed by atoms with Gasteiger partial charge in [0, 0.05) is 12.3 Å². The van der Waals surface area contributed by atoms with Crippen LogP contribution in [-0.2, 0) is 18.9 Å². The van der Waals surface area contributed by atoms with Crippen LogP contribution in [0.5, 0.6) is 0 Å². The molecule has 5 rings (SSSR count). The van der Waals surface area contributed by atoms with E-state index in [0.29, 0.717) is 6.42 Å². The molecule has 0 saturated carbocycles. The fraction of sp³-hybridized carbons (Fsp3) is 0.480. The summed E-state index contributed by atoms with van der Waals surface area (Å²) in [6.07, 6.45) is -1.85. The molecular formula is C25H29NO6. The molecule has 0 aromatic heterocycles. The van der Waals surface area contributed by atoms with Gasteiger partial charge in [0.2, 0.25) is 0 Å². The standard InChI is InChI=1S/C25H29NO6/c1-25(2,3)32-23-20(30-23)12-19(21-22(27)31-21)26-24(28)29-13-18-16-10-6-4-8-14(16)15-9-5-7-11-17(15)18/h4-11,18-23,27H,12-13H2,1-3H3,(H,26,28)/t19-,20?,21?,22?,23?/m0/s1. The van der Waals surface area contributed by atoms with Crippen molar-refractivity contribution in [2.24, 2.45) is 0 Å². The van der Waals surface area contributed by atoms with Gasteiger partial charge < -0.3 is 29.4 Å². The predicted octanol–water partition coefficient (Wildman–Crippen LogP) is 3.54. The molecule has 1 amide bonds. The lowest BCUT2D eigenvalue weighted by atomic mass is 9.98. The zero-order valence-electron chi connectivity index (χ0n) is 18.5. The molecule has 2 fully saturated rings. The maximum atomic E-state index is 12.6. The molecule has 7 heteroatoms. The third-order valence-electron chi connectivity index (χ3n) is 6.04. The average Bonchev–Trinajstić information content (AvgIpc) is 3.63. The number of epoxide rings is 2. The molecule has 1 aliphatic carbocycles. The van der Waals surface area contributed by atoms with Crippen molar-refractivity contribution in [1.82, 2.24) is 5.32 Å². The second-order valence-corrected chi connectivity index (χ2v) is 9.58. The molecule has 2 aliphatic heterocycles. The molecule has 0 bridgehead atoms. The second kappa shape index (κ2) is 8.15. The average molecular weight is 440 g/mol. The second-order valence-electron chi connectivity index (χ2n) is 9.58. The normalized spacial score (nSPS) is 26.8. The van der Waals surface area contributed by atoms with Crippen LogP contribution in [0.2, 0.25) is 0 Å². The number of amides is 1. The molecule has 0 radical (unpaired) electrons. The molecule has 2 heterocycles. The lowest BCUT2D eigenvalue weighted by molar-refractivity contribution is -0.0570. The van der Waals surface area contributed by atoms with Crippen molar-refractivity contribution in [2.45, 2.75) is 69.5 Å². The number of hydrogen-bond donors (Lipinski definition) is 2. The lowest BCUT2D eigenvalue weighted by Gasteiger charge is -2.19. The van der Waals surface area contributed by atoms with Crippen molar-refractivity contribution >= 4 is 6.09 Å². The van der Waals surface area contributed by atoms with Gasteiger partial charge in [0.15, 0.2) is 12.6 Å². The third kappa shape index (κ3) is 4.52. The molecule has 0 spiro atoms. The number of nitrogens with one attached hydrogen (secondary N) is 1. The molecule has 7 nitrogen and oxygen atoms in total. The summed E-state index contributed by atoms with van der Waals surface area (Å²) < 4.78 is 22.2. The highest BCUT2D eigenvalue weighted by molar-refractivity contribution is 5.79. The molecule has 3 aliphatic rings. The summed E-state index contributed by atoms with van der Waals surface area (Å²) in [5.74, 6) is -0.00861. The van der Waals surface area contributed by atoms with E-state index in [4.69, 9.17) is 18.9 Å². The first kappa shape index (κ1) is 21.4. The summed E-state index contributed by atoms with van der Waals surface area (Å²) in [6, 6.07) is 16.0. The van der Waals surface area contributed by atoms with E-state index in [2.05, 4.69) is 29.6 Å². The Morgan fingerprint density at radius 1 is 1.06 bits per heavy atom. The molecule has 32 heavy (non-hydrogen) atoms. The number of ether oxygens (including phenoxy) is 4. The van der Waals surface area contributed by atoms with E-state index in [1.54, 1.807) is 0 Å². The van der Waals surface area contributed by atoms with Gasteiger partial charge in [-0.05, 0) is 43.0 Å². The van der Waals surface area contributed by atoms with E-state index in [0.717, 1.165) is 11.1 Å². The van der Waals surface area contributed by atoms with Gasteiger partial charge in [-0.1, -0.05) is 48.5 Å². The maximum absolute atomic E-state index is 12.6. The van der Waals surface area contributed by atoms with E-state index in [1.165, 1.54) is 11.1 Å². The number of alkyl carbamates (subject to hydrolysis) is 1. The monoisotopic (exact) mass is 439 g/mol. The van der Waals surface area contributed by atoms with Crippen molar-refractivity contribution in [3.8, 4) is 11.1 Å². The Labute approximate surface area is 187 Å². The molecule has 2 saturated heterocycles. The summed E-state index contributed by atoms with van der Waals surface area (Å²) in [6.45, 7) is 6.13. The first-order valence-corrected chi connectivity index (χ1v) is 11.1. The number of rotatable bonds is 7. The number of aliphatic hydroxyl groups is 1. The summed E-state index contributed by atoms with van der Waals surface area (Å²) in [5, 5.41) is 12.6. The minimum Gasteiger partial charge on any atom is -0.449 e. The summed E-state index contributed by atoms with van der Waals surface area (Å²) in [7, 11) is 0. The fourth-order valence-corrected chi connectivity index (χ4v) is 4.47. The quantitative estimate of drug-likeness (QED) is 0.641. The van der Waals surface area contributed by atoms with Gasteiger partial charge >= 0.3 is 6.09 Å². The Hall–Kier alpha value is -2.45. The number of fused-ring (bicyclic) bond motifs is 3. The van der Waals surface area contributed by atoms with Gasteiger partial charge in [0.25, 0.3) is 0 Å². The van der Waals surface area contributed by atoms with E-state index >= 15 is 0 Å². The van der Waals surface area contributed by atoms with E-state index in [9.17, 15) is 9.90 Å². The highest BCUT2D eigenvalue weighted by Gasteiger charge is 2.51. The highest BCUT2D eigenvalue weighted by atomic mass is 16.8. The first-order chi connectivity index (χ1) is 15.3. The van der Waals surface area contributed by atoms with Crippen LogP contribution in [0.25, 0.3) is 11.1 Å². The van der Waals surface area contributed by atoms with Gasteiger partial charge in [-0.15, -0.1) is 0 Å². The molecule has 5 atom stereocenters. The van der Waals surface area contributed by atoms with Gasteiger partial charge in [0.05, 0.1) is 11.6 Å². The SMILES string of the molecule is CC(C)(C)OC1OC1C[C@H](NC(=O)OCC1c2ccccc2-c2ccccc21)C1OC1O. The largest absolute Gasteiger partial charge is 0.449 e. The van der Waals surface area contributed by atoms with Crippen molar-refractivity contribution in [2.75, 3.05) is 6.61 Å². The molecule has 2 N–H and O–H groups in total. The van der Waals surface area contributed by atoms with Crippen LogP contribution in [0.15, 0.2) is 48.5 Å². The van der Waals surface area contributed by atoms with E-state index in [-0.39, 0.29) is 30.5 Å². The van der Waals surface area contributed by atoms with Crippen LogP contribution < -0.4 is 5.32 Å². The zero-order chi connectivity index (χ0) is 22.5. The highest BCUT2D eigenvalue weighted by Crippen LogP contribution is 2.44. The van der Waals surface area contributed by atoms with E-state index in [1.807, 2.05) is 45.0 Å². The Morgan fingerprint density at radius 2 is 1.66 bits per heavy atom. The Kier molecular flexibility index (Phi) is 5.45. The topological polar surface area (TPSA) is 92.9 Å². The van der Waals surface area contributed by atoms with Gasteiger partial charge in [-0.2, -0.15) is 0 Å². The number of hydrogen-bond acceptors (Lipinski definition) is 6. The third-order valence-corrected chi connectivity index (χ3v) is 6.04. The number of aliphatic hydroxyl groups excluding tert-OH is 1. The smallest absolute Gasteiger partial charge is 0.407 e. The maximum Gasteiger partial charge on any atom is 0.407 e. The Balaban J connectivity index is 1.20.